The van der Waals surface area contributed by atoms with E-state index >= 15 is 0 Å². The minimum atomic E-state index is 0.557. The van der Waals surface area contributed by atoms with E-state index in [0.717, 1.165) is 71.6 Å². The summed E-state index contributed by atoms with van der Waals surface area (Å²) in [5.74, 6) is 1.75. The molecule has 0 unspecified atom stereocenters. The Bertz CT molecular complexity index is 3560. The van der Waals surface area contributed by atoms with Crippen molar-refractivity contribution in [1.29, 1.82) is 0 Å². The molecule has 0 bridgehead atoms. The fraction of sp³-hybridized carbons (Fsp3) is 0. The van der Waals surface area contributed by atoms with E-state index in [2.05, 4.69) is 126 Å². The molecule has 8 aromatic carbocycles. The van der Waals surface area contributed by atoms with Gasteiger partial charge in [0.05, 0.1) is 16.7 Å². The lowest BCUT2D eigenvalue weighted by Gasteiger charge is -2.14. The molecule has 0 aliphatic heterocycles. The van der Waals surface area contributed by atoms with Gasteiger partial charge < -0.3 is 4.42 Å². The average molecular weight is 742 g/mol. The van der Waals surface area contributed by atoms with Crippen LogP contribution in [0.1, 0.15) is 0 Å². The first-order chi connectivity index (χ1) is 28.7. The van der Waals surface area contributed by atoms with Gasteiger partial charge in [-0.15, -0.1) is 0 Å². The Morgan fingerprint density at radius 3 is 1.84 bits per heavy atom. The third-order valence-electron chi connectivity index (χ3n) is 11.3. The van der Waals surface area contributed by atoms with Crippen molar-refractivity contribution in [3.63, 3.8) is 0 Å². The normalized spacial score (nSPS) is 11.8. The maximum atomic E-state index is 6.04. The van der Waals surface area contributed by atoms with Crippen LogP contribution in [-0.2, 0) is 0 Å². The van der Waals surface area contributed by atoms with E-state index < -0.39 is 0 Å². The summed E-state index contributed by atoms with van der Waals surface area (Å²) >= 11 is 0. The summed E-state index contributed by atoms with van der Waals surface area (Å²) in [6.07, 6.45) is 0. The van der Waals surface area contributed by atoms with Crippen LogP contribution >= 0.6 is 0 Å². The van der Waals surface area contributed by atoms with Crippen LogP contribution in [0.2, 0.25) is 0 Å². The molecular formula is C52H31N5O. The SMILES string of the molecule is c1ccc(-c2nc(-c3ccc(-c4ccc5oc6ccccc6c5n4)cc3)nc(-n3c4ccccc4c4cc(-c5cccc6ccccc56)c5ccccc5c43)n2)cc1. The topological polar surface area (TPSA) is 69.6 Å². The molecule has 6 heteroatoms. The largest absolute Gasteiger partial charge is 0.454 e. The zero-order chi connectivity index (χ0) is 38.2. The summed E-state index contributed by atoms with van der Waals surface area (Å²) in [6, 6.07) is 65.2. The van der Waals surface area contributed by atoms with Gasteiger partial charge in [-0.25, -0.2) is 9.97 Å². The Morgan fingerprint density at radius 2 is 1.02 bits per heavy atom. The van der Waals surface area contributed by atoms with E-state index in [9.17, 15) is 0 Å². The number of para-hydroxylation sites is 2. The Morgan fingerprint density at radius 1 is 0.379 bits per heavy atom. The summed E-state index contributed by atoms with van der Waals surface area (Å²) in [4.78, 5) is 20.6. The zero-order valence-electron chi connectivity index (χ0n) is 31.0. The highest BCUT2D eigenvalue weighted by Gasteiger charge is 2.22. The number of nitrogens with zero attached hydrogens (tertiary/aromatic N) is 5. The van der Waals surface area contributed by atoms with E-state index in [1.807, 2.05) is 66.7 Å². The summed E-state index contributed by atoms with van der Waals surface area (Å²) < 4.78 is 8.26. The minimum Gasteiger partial charge on any atom is -0.454 e. The van der Waals surface area contributed by atoms with Crippen LogP contribution < -0.4 is 0 Å². The monoisotopic (exact) mass is 741 g/mol. The third kappa shape index (κ3) is 5.05. The maximum absolute atomic E-state index is 6.04. The van der Waals surface area contributed by atoms with Gasteiger partial charge in [0, 0.05) is 38.2 Å². The van der Waals surface area contributed by atoms with Crippen LogP contribution in [0.4, 0.5) is 0 Å². The third-order valence-corrected chi connectivity index (χ3v) is 11.3. The lowest BCUT2D eigenvalue weighted by molar-refractivity contribution is 0.668. The van der Waals surface area contributed by atoms with Crippen molar-refractivity contribution in [1.82, 2.24) is 24.5 Å². The fourth-order valence-corrected chi connectivity index (χ4v) is 8.57. The highest BCUT2D eigenvalue weighted by atomic mass is 16.3. The van der Waals surface area contributed by atoms with Crippen molar-refractivity contribution in [3.05, 3.63) is 188 Å². The number of fused-ring (bicyclic) bond motifs is 9. The molecule has 270 valence electrons. The fourth-order valence-electron chi connectivity index (χ4n) is 8.57. The molecule has 0 fully saturated rings. The van der Waals surface area contributed by atoms with Crippen molar-refractivity contribution >= 4 is 65.4 Å². The van der Waals surface area contributed by atoms with Gasteiger partial charge in [-0.1, -0.05) is 152 Å². The quantitative estimate of drug-likeness (QED) is 0.176. The highest BCUT2D eigenvalue weighted by Crippen LogP contribution is 2.43. The molecule has 0 saturated carbocycles. The lowest BCUT2D eigenvalue weighted by atomic mass is 9.92. The molecule has 0 aliphatic rings. The van der Waals surface area contributed by atoms with Gasteiger partial charge in [-0.2, -0.15) is 9.97 Å². The van der Waals surface area contributed by atoms with Gasteiger partial charge >= 0.3 is 0 Å². The van der Waals surface area contributed by atoms with Gasteiger partial charge in [0.1, 0.15) is 11.1 Å². The van der Waals surface area contributed by atoms with E-state index in [1.54, 1.807) is 0 Å². The van der Waals surface area contributed by atoms with Gasteiger partial charge in [0.2, 0.25) is 5.95 Å². The van der Waals surface area contributed by atoms with E-state index in [0.29, 0.717) is 17.6 Å². The number of hydrogen-bond acceptors (Lipinski definition) is 5. The van der Waals surface area contributed by atoms with Gasteiger partial charge in [-0.3, -0.25) is 4.57 Å². The molecule has 0 N–H and O–H groups in total. The highest BCUT2D eigenvalue weighted by molar-refractivity contribution is 6.23. The first-order valence-electron chi connectivity index (χ1n) is 19.4. The summed E-state index contributed by atoms with van der Waals surface area (Å²) in [5, 5.41) is 8.01. The molecule has 12 aromatic rings. The molecule has 12 rings (SSSR count). The first kappa shape index (κ1) is 32.3. The predicted octanol–water partition coefficient (Wildman–Crippen LogP) is 13.2. The Labute approximate surface area is 332 Å². The second-order valence-electron chi connectivity index (χ2n) is 14.6. The molecule has 0 saturated heterocycles. The molecule has 0 atom stereocenters. The molecule has 0 radical (unpaired) electrons. The molecule has 58 heavy (non-hydrogen) atoms. The molecule has 4 heterocycles. The van der Waals surface area contributed by atoms with E-state index in [4.69, 9.17) is 24.4 Å². The standard InChI is InChI=1S/C52H31N5O/c1-2-14-34(15-3-1)50-54-51(35-27-25-33(26-28-35)44-29-30-47-48(53-44)41-21-9-11-24-46(41)58-47)56-52(55-50)57-45-23-10-8-19-39(45)43-31-42(38-18-6-7-20-40(38)49(43)57)37-22-12-16-32-13-4-5-17-36(32)37/h1-31H. The van der Waals surface area contributed by atoms with Crippen LogP contribution in [0, 0.1) is 0 Å². The summed E-state index contributed by atoms with van der Waals surface area (Å²) in [6.45, 7) is 0. The molecule has 0 amide bonds. The molecular weight excluding hydrogens is 711 g/mol. The Balaban J connectivity index is 1.07. The van der Waals surface area contributed by atoms with Gasteiger partial charge in [0.15, 0.2) is 17.2 Å². The van der Waals surface area contributed by atoms with Crippen molar-refractivity contribution < 1.29 is 4.42 Å². The van der Waals surface area contributed by atoms with E-state index in [-0.39, 0.29) is 0 Å². The van der Waals surface area contributed by atoms with Crippen LogP contribution in [0.3, 0.4) is 0 Å². The minimum absolute atomic E-state index is 0.557. The summed E-state index contributed by atoms with van der Waals surface area (Å²) in [5.41, 5.74) is 10.6. The molecule has 0 spiro atoms. The predicted molar refractivity (Wildman–Crippen MR) is 236 cm³/mol. The number of benzene rings is 8. The Kier molecular flexibility index (Phi) is 7.13. The summed E-state index contributed by atoms with van der Waals surface area (Å²) in [7, 11) is 0. The smallest absolute Gasteiger partial charge is 0.238 e. The van der Waals surface area contributed by atoms with Crippen LogP contribution in [0.5, 0.6) is 0 Å². The van der Waals surface area contributed by atoms with Gasteiger partial charge in [-0.05, 0) is 63.7 Å². The number of aromatic nitrogens is 5. The second kappa shape index (κ2) is 12.8. The van der Waals surface area contributed by atoms with Crippen LogP contribution in [0.25, 0.3) is 117 Å². The van der Waals surface area contributed by atoms with Crippen LogP contribution in [0.15, 0.2) is 192 Å². The number of hydrogen-bond donors (Lipinski definition) is 0. The van der Waals surface area contributed by atoms with Crippen molar-refractivity contribution in [3.8, 4) is 51.1 Å². The van der Waals surface area contributed by atoms with Crippen molar-refractivity contribution in [2.75, 3.05) is 0 Å². The van der Waals surface area contributed by atoms with Crippen molar-refractivity contribution in [2.45, 2.75) is 0 Å². The molecule has 0 aliphatic carbocycles. The number of furan rings is 1. The lowest BCUT2D eigenvalue weighted by Crippen LogP contribution is -2.06. The molecule has 4 aromatic heterocycles. The zero-order valence-corrected chi connectivity index (χ0v) is 31.0. The van der Waals surface area contributed by atoms with Crippen molar-refractivity contribution in [2.24, 2.45) is 0 Å². The number of pyridine rings is 1. The molecule has 6 nitrogen and oxygen atoms in total. The maximum Gasteiger partial charge on any atom is 0.238 e. The second-order valence-corrected chi connectivity index (χ2v) is 14.6. The first-order valence-corrected chi connectivity index (χ1v) is 19.4. The van der Waals surface area contributed by atoms with E-state index in [1.165, 1.54) is 27.3 Å². The van der Waals surface area contributed by atoms with Gasteiger partial charge in [0.25, 0.3) is 0 Å². The Hall–Kier alpha value is -7.96. The average Bonchev–Trinajstić information content (AvgIpc) is 3.84. The number of rotatable bonds is 5. The van der Waals surface area contributed by atoms with Crippen LogP contribution in [-0.4, -0.2) is 24.5 Å².